The summed E-state index contributed by atoms with van der Waals surface area (Å²) >= 11 is 0. The van der Waals surface area contributed by atoms with Gasteiger partial charge < -0.3 is 20.0 Å². The molecule has 8 heteroatoms. The van der Waals surface area contributed by atoms with Crippen LogP contribution in [0.5, 0.6) is 0 Å². The van der Waals surface area contributed by atoms with Crippen LogP contribution in [0.4, 0.5) is 0 Å². The number of nitrogens with zero attached hydrogens (tertiary/aromatic N) is 1. The number of carbonyl (C=O) groups is 3. The molecule has 0 heterocycles. The van der Waals surface area contributed by atoms with E-state index < -0.39 is 23.5 Å². The van der Waals surface area contributed by atoms with E-state index in [0.29, 0.717) is 29.7 Å². The van der Waals surface area contributed by atoms with Crippen molar-refractivity contribution in [2.45, 2.75) is 83.8 Å². The molecule has 0 radical (unpaired) electrons. The van der Waals surface area contributed by atoms with Crippen molar-refractivity contribution in [1.82, 2.24) is 5.32 Å². The second-order valence-electron chi connectivity index (χ2n) is 12.7. The van der Waals surface area contributed by atoms with Gasteiger partial charge in [-0.3, -0.25) is 9.59 Å². The van der Waals surface area contributed by atoms with Crippen molar-refractivity contribution < 1.29 is 29.1 Å². The van der Waals surface area contributed by atoms with Gasteiger partial charge in [-0.1, -0.05) is 54.9 Å². The third kappa shape index (κ3) is 4.68. The first-order chi connectivity index (χ1) is 19.0. The van der Waals surface area contributed by atoms with Gasteiger partial charge in [0.25, 0.3) is 5.91 Å². The van der Waals surface area contributed by atoms with Gasteiger partial charge in [-0.2, -0.15) is 0 Å². The number of benzene rings is 1. The monoisotopic (exact) mass is 550 g/mol. The SMILES string of the molecule is COC(=O)[C@H](NC(=O)CON=C1C=C2CC[C@@H]3[C@@H](CC[C@@]4(C)[C@@H]3CC[C@@]4(O)C(C)=O)[C@@]2(C)CC1)c1ccccc1. The molecule has 4 aliphatic carbocycles. The standard InChI is InChI=1S/C32H42N2O6/c1-20(35)32(38)17-14-26-24-11-10-22-18-23(12-15-30(22,2)25(24)13-16-31(26,32)3)34-40-19-27(36)33-28(29(37)39-4)21-8-6-5-7-9-21/h5-9,18,24-26,28,38H,10-17,19H2,1-4H3,(H,33,36)/t24-,25-,26-,28-,30+,31+,32-/m1/s1. The molecule has 1 aromatic carbocycles. The van der Waals surface area contributed by atoms with Crippen molar-refractivity contribution in [3.05, 3.63) is 47.5 Å². The quantitative estimate of drug-likeness (QED) is 0.377. The van der Waals surface area contributed by atoms with E-state index >= 15 is 0 Å². The van der Waals surface area contributed by atoms with Crippen molar-refractivity contribution in [2.24, 2.45) is 33.7 Å². The van der Waals surface area contributed by atoms with Gasteiger partial charge in [-0.25, -0.2) is 4.79 Å². The number of hydrogen-bond acceptors (Lipinski definition) is 7. The molecule has 3 fully saturated rings. The lowest BCUT2D eigenvalue weighted by Gasteiger charge is -2.59. The van der Waals surface area contributed by atoms with Crippen LogP contribution in [0.1, 0.15) is 83.7 Å². The number of hydrogen-bond donors (Lipinski definition) is 2. The van der Waals surface area contributed by atoms with Crippen LogP contribution in [0.25, 0.3) is 0 Å². The van der Waals surface area contributed by atoms with E-state index in [1.807, 2.05) is 6.07 Å². The van der Waals surface area contributed by atoms with Gasteiger partial charge >= 0.3 is 5.97 Å². The summed E-state index contributed by atoms with van der Waals surface area (Å²) in [6.45, 7) is 5.79. The van der Waals surface area contributed by atoms with Crippen LogP contribution in [0.2, 0.25) is 0 Å². The highest BCUT2D eigenvalue weighted by molar-refractivity contribution is 5.96. The van der Waals surface area contributed by atoms with Crippen LogP contribution in [0.3, 0.4) is 0 Å². The van der Waals surface area contributed by atoms with Crippen molar-refractivity contribution in [2.75, 3.05) is 13.7 Å². The van der Waals surface area contributed by atoms with Crippen LogP contribution in [0, 0.1) is 28.6 Å². The molecule has 8 nitrogen and oxygen atoms in total. The van der Waals surface area contributed by atoms with Crippen LogP contribution in [-0.4, -0.2) is 47.8 Å². The molecule has 1 aromatic rings. The number of ketones is 1. The van der Waals surface area contributed by atoms with E-state index in [1.54, 1.807) is 31.2 Å². The molecule has 216 valence electrons. The number of fused-ring (bicyclic) bond motifs is 5. The summed E-state index contributed by atoms with van der Waals surface area (Å²) in [5.41, 5.74) is 1.41. The fourth-order valence-electron chi connectivity index (χ4n) is 8.66. The largest absolute Gasteiger partial charge is 0.467 e. The van der Waals surface area contributed by atoms with Crippen molar-refractivity contribution in [3.63, 3.8) is 0 Å². The second kappa shape index (κ2) is 10.8. The molecule has 1 amide bonds. The van der Waals surface area contributed by atoms with E-state index in [-0.39, 0.29) is 23.2 Å². The number of ether oxygens (including phenoxy) is 1. The summed E-state index contributed by atoms with van der Waals surface area (Å²) in [6.07, 6.45) is 9.33. The third-order valence-electron chi connectivity index (χ3n) is 11.0. The number of oxime groups is 1. The number of nitrogens with one attached hydrogen (secondary N) is 1. The fourth-order valence-corrected chi connectivity index (χ4v) is 8.66. The van der Waals surface area contributed by atoms with E-state index in [9.17, 15) is 19.5 Å². The molecule has 0 unspecified atom stereocenters. The Morgan fingerprint density at radius 1 is 1.05 bits per heavy atom. The van der Waals surface area contributed by atoms with Crippen LogP contribution < -0.4 is 5.32 Å². The first kappa shape index (κ1) is 28.5. The van der Waals surface area contributed by atoms with Crippen molar-refractivity contribution >= 4 is 23.4 Å². The summed E-state index contributed by atoms with van der Waals surface area (Å²) in [4.78, 5) is 42.7. The molecular weight excluding hydrogens is 508 g/mol. The van der Waals surface area contributed by atoms with Gasteiger partial charge in [0.05, 0.1) is 12.8 Å². The minimum absolute atomic E-state index is 0.0704. The Hall–Kier alpha value is -3.00. The molecule has 0 spiro atoms. The zero-order chi connectivity index (χ0) is 28.7. The van der Waals surface area contributed by atoms with E-state index in [4.69, 9.17) is 9.57 Å². The highest BCUT2D eigenvalue weighted by Gasteiger charge is 2.65. The summed E-state index contributed by atoms with van der Waals surface area (Å²) in [6, 6.07) is 8.03. The number of carbonyl (C=O) groups excluding carboxylic acids is 3. The van der Waals surface area contributed by atoms with Crippen LogP contribution in [-0.2, 0) is 24.0 Å². The van der Waals surface area contributed by atoms with E-state index in [0.717, 1.165) is 50.7 Å². The molecule has 0 saturated heterocycles. The van der Waals surface area contributed by atoms with Gasteiger partial charge in [-0.05, 0) is 93.1 Å². The van der Waals surface area contributed by atoms with Crippen molar-refractivity contribution in [3.8, 4) is 0 Å². The molecule has 0 aromatic heterocycles. The lowest BCUT2D eigenvalue weighted by atomic mass is 9.46. The average Bonchev–Trinajstić information content (AvgIpc) is 3.23. The first-order valence-corrected chi connectivity index (χ1v) is 14.6. The topological polar surface area (TPSA) is 114 Å². The van der Waals surface area contributed by atoms with Gasteiger partial charge in [0.2, 0.25) is 0 Å². The number of methoxy groups -OCH3 is 1. The predicted molar refractivity (Wildman–Crippen MR) is 150 cm³/mol. The predicted octanol–water partition coefficient (Wildman–Crippen LogP) is 4.67. The molecule has 4 aliphatic rings. The number of Topliss-reactive ketones (excluding diaryl/α,β-unsaturated/α-hetero) is 1. The highest BCUT2D eigenvalue weighted by atomic mass is 16.6. The third-order valence-corrected chi connectivity index (χ3v) is 11.0. The highest BCUT2D eigenvalue weighted by Crippen LogP contribution is 2.67. The van der Waals surface area contributed by atoms with E-state index in [2.05, 4.69) is 30.4 Å². The maximum absolute atomic E-state index is 12.6. The van der Waals surface area contributed by atoms with Crippen molar-refractivity contribution in [1.29, 1.82) is 0 Å². The zero-order valence-electron chi connectivity index (χ0n) is 24.1. The smallest absolute Gasteiger partial charge is 0.333 e. The van der Waals surface area contributed by atoms with Crippen LogP contribution in [0.15, 0.2) is 47.1 Å². The molecule has 2 N–H and O–H groups in total. The Bertz CT molecular complexity index is 1230. The Kier molecular flexibility index (Phi) is 7.68. The Balaban J connectivity index is 1.23. The number of allylic oxidation sites excluding steroid dienone is 2. The Morgan fingerprint density at radius 3 is 2.48 bits per heavy atom. The molecule has 3 saturated carbocycles. The zero-order valence-corrected chi connectivity index (χ0v) is 24.1. The average molecular weight is 551 g/mol. The molecule has 0 bridgehead atoms. The fraction of sp³-hybridized carbons (Fsp3) is 0.625. The first-order valence-electron chi connectivity index (χ1n) is 14.6. The summed E-state index contributed by atoms with van der Waals surface area (Å²) in [7, 11) is 1.29. The normalized spacial score (nSPS) is 36.4. The lowest BCUT2D eigenvalue weighted by molar-refractivity contribution is -0.159. The minimum atomic E-state index is -1.19. The summed E-state index contributed by atoms with van der Waals surface area (Å²) < 4.78 is 4.86. The lowest BCUT2D eigenvalue weighted by Crippen LogP contribution is -2.57. The summed E-state index contributed by atoms with van der Waals surface area (Å²) in [5, 5.41) is 18.3. The molecular formula is C32H42N2O6. The van der Waals surface area contributed by atoms with E-state index in [1.165, 1.54) is 12.7 Å². The van der Waals surface area contributed by atoms with Gasteiger partial charge in [-0.15, -0.1) is 0 Å². The maximum Gasteiger partial charge on any atom is 0.333 e. The second-order valence-corrected chi connectivity index (χ2v) is 12.7. The van der Waals surface area contributed by atoms with Gasteiger partial charge in [0.15, 0.2) is 18.4 Å². The van der Waals surface area contributed by atoms with Crippen LogP contribution >= 0.6 is 0 Å². The molecule has 40 heavy (non-hydrogen) atoms. The molecule has 7 atom stereocenters. The Morgan fingerprint density at radius 2 is 1.77 bits per heavy atom. The van der Waals surface area contributed by atoms with Gasteiger partial charge in [0, 0.05) is 5.41 Å². The maximum atomic E-state index is 12.6. The number of aliphatic hydroxyl groups is 1. The Labute approximate surface area is 236 Å². The number of esters is 1. The minimum Gasteiger partial charge on any atom is -0.467 e. The molecule has 0 aliphatic heterocycles. The number of amides is 1. The van der Waals surface area contributed by atoms with Gasteiger partial charge in [0.1, 0.15) is 5.60 Å². The number of rotatable bonds is 7. The molecule has 5 rings (SSSR count). The summed E-state index contributed by atoms with van der Waals surface area (Å²) in [5.74, 6) is 0.336.